The molecule has 0 aliphatic carbocycles. The molecule has 0 radical (unpaired) electrons. The van der Waals surface area contributed by atoms with Crippen molar-refractivity contribution in [2.75, 3.05) is 6.61 Å². The van der Waals surface area contributed by atoms with Gasteiger partial charge >= 0.3 is 5.97 Å². The van der Waals surface area contributed by atoms with Crippen molar-refractivity contribution in [3.05, 3.63) is 100 Å². The van der Waals surface area contributed by atoms with Crippen LogP contribution in [0.15, 0.2) is 72.8 Å². The standard InChI is InChI=1S/C29H26ClNO3/c1-3-4-7-20-9-11-21(12-10-20)26-17-25(24-8-5-6-19(2)28(24)31-26)29(33)34-18-27(32)22-13-15-23(30)16-14-22/h5-6,8-17H,3-4,7,18H2,1-2H3. The first-order valence-corrected chi connectivity index (χ1v) is 11.8. The molecule has 1 heterocycles. The number of fused-ring (bicyclic) bond motifs is 1. The highest BCUT2D eigenvalue weighted by Gasteiger charge is 2.18. The second-order valence-corrected chi connectivity index (χ2v) is 8.77. The molecule has 34 heavy (non-hydrogen) atoms. The zero-order valence-electron chi connectivity index (χ0n) is 19.3. The van der Waals surface area contributed by atoms with E-state index in [1.165, 1.54) is 5.56 Å². The van der Waals surface area contributed by atoms with Crippen molar-refractivity contribution in [2.24, 2.45) is 0 Å². The second kappa shape index (κ2) is 10.6. The van der Waals surface area contributed by atoms with Crippen LogP contribution in [0.4, 0.5) is 0 Å². The molecule has 4 aromatic rings. The molecule has 0 N–H and O–H groups in total. The Balaban J connectivity index is 1.63. The maximum atomic E-state index is 13.1. The number of ketones is 1. The van der Waals surface area contributed by atoms with Crippen LogP contribution >= 0.6 is 11.6 Å². The van der Waals surface area contributed by atoms with E-state index in [9.17, 15) is 9.59 Å². The quantitative estimate of drug-likeness (QED) is 0.200. The molecular weight excluding hydrogens is 446 g/mol. The lowest BCUT2D eigenvalue weighted by atomic mass is 10.0. The summed E-state index contributed by atoms with van der Waals surface area (Å²) in [5.41, 5.74) is 5.44. The molecule has 0 saturated carbocycles. The Hall–Kier alpha value is -3.50. The Kier molecular flexibility index (Phi) is 7.39. The zero-order valence-corrected chi connectivity index (χ0v) is 20.1. The van der Waals surface area contributed by atoms with E-state index < -0.39 is 5.97 Å². The minimum Gasteiger partial charge on any atom is -0.454 e. The summed E-state index contributed by atoms with van der Waals surface area (Å²) in [4.78, 5) is 30.4. The van der Waals surface area contributed by atoms with Gasteiger partial charge in [-0.3, -0.25) is 4.79 Å². The number of para-hydroxylation sites is 1. The smallest absolute Gasteiger partial charge is 0.339 e. The third kappa shape index (κ3) is 5.35. The fourth-order valence-corrected chi connectivity index (χ4v) is 3.99. The molecule has 5 heteroatoms. The number of benzene rings is 3. The Labute approximate surface area is 204 Å². The van der Waals surface area contributed by atoms with Crippen LogP contribution in [0.2, 0.25) is 5.02 Å². The highest BCUT2D eigenvalue weighted by Crippen LogP contribution is 2.28. The first kappa shape index (κ1) is 23.7. The summed E-state index contributed by atoms with van der Waals surface area (Å²) in [6.45, 7) is 3.79. The minimum absolute atomic E-state index is 0.289. The first-order valence-electron chi connectivity index (χ1n) is 11.4. The van der Waals surface area contributed by atoms with Gasteiger partial charge in [0.1, 0.15) is 0 Å². The Morgan fingerprint density at radius 2 is 1.71 bits per heavy atom. The second-order valence-electron chi connectivity index (χ2n) is 8.33. The monoisotopic (exact) mass is 471 g/mol. The van der Waals surface area contributed by atoms with Crippen molar-refractivity contribution in [1.82, 2.24) is 4.98 Å². The molecule has 4 rings (SSSR count). The molecule has 0 saturated heterocycles. The molecule has 3 aromatic carbocycles. The van der Waals surface area contributed by atoms with Crippen LogP contribution in [0.5, 0.6) is 0 Å². The van der Waals surface area contributed by atoms with Crippen LogP contribution in [0.3, 0.4) is 0 Å². The number of carbonyl (C=O) groups excluding carboxylic acids is 2. The van der Waals surface area contributed by atoms with Gasteiger partial charge in [0, 0.05) is 21.5 Å². The van der Waals surface area contributed by atoms with Gasteiger partial charge in [-0.25, -0.2) is 9.78 Å². The summed E-state index contributed by atoms with van der Waals surface area (Å²) in [6.07, 6.45) is 3.34. The van der Waals surface area contributed by atoms with Crippen LogP contribution < -0.4 is 0 Å². The molecule has 1 aromatic heterocycles. The highest BCUT2D eigenvalue weighted by atomic mass is 35.5. The number of unbranched alkanes of at least 4 members (excludes halogenated alkanes) is 1. The van der Waals surface area contributed by atoms with Crippen LogP contribution in [0.25, 0.3) is 22.2 Å². The third-order valence-corrected chi connectivity index (χ3v) is 6.08. The maximum absolute atomic E-state index is 13.1. The van der Waals surface area contributed by atoms with Gasteiger partial charge in [-0.2, -0.15) is 0 Å². The van der Waals surface area contributed by atoms with E-state index in [0.717, 1.165) is 35.9 Å². The summed E-state index contributed by atoms with van der Waals surface area (Å²) in [5, 5.41) is 1.24. The molecule has 0 unspecified atom stereocenters. The summed E-state index contributed by atoms with van der Waals surface area (Å²) in [5.74, 6) is -0.844. The summed E-state index contributed by atoms with van der Waals surface area (Å²) in [7, 11) is 0. The molecule has 0 aliphatic heterocycles. The topological polar surface area (TPSA) is 56.3 Å². The molecule has 0 spiro atoms. The summed E-state index contributed by atoms with van der Waals surface area (Å²) in [6, 6.07) is 22.2. The van der Waals surface area contributed by atoms with Crippen molar-refractivity contribution >= 4 is 34.3 Å². The van der Waals surface area contributed by atoms with Gasteiger partial charge in [0.2, 0.25) is 0 Å². The molecule has 0 fully saturated rings. The van der Waals surface area contributed by atoms with E-state index in [0.29, 0.717) is 27.2 Å². The van der Waals surface area contributed by atoms with Gasteiger partial charge in [0.15, 0.2) is 12.4 Å². The SMILES string of the molecule is CCCCc1ccc(-c2cc(C(=O)OCC(=O)c3ccc(Cl)cc3)c3cccc(C)c3n2)cc1. The van der Waals surface area contributed by atoms with E-state index in [2.05, 4.69) is 19.1 Å². The number of pyridine rings is 1. The predicted molar refractivity (Wildman–Crippen MR) is 137 cm³/mol. The van der Waals surface area contributed by atoms with Gasteiger partial charge < -0.3 is 4.74 Å². The van der Waals surface area contributed by atoms with E-state index in [1.807, 2.05) is 37.3 Å². The number of aromatic nitrogens is 1. The van der Waals surface area contributed by atoms with Crippen LogP contribution in [-0.2, 0) is 11.2 Å². The lowest BCUT2D eigenvalue weighted by Crippen LogP contribution is -2.15. The number of Topliss-reactive ketones (excluding diaryl/α,β-unsaturated/α-hetero) is 1. The minimum atomic E-state index is -0.555. The Morgan fingerprint density at radius 1 is 0.971 bits per heavy atom. The molecule has 0 atom stereocenters. The Morgan fingerprint density at radius 3 is 2.41 bits per heavy atom. The van der Waals surface area contributed by atoms with Gasteiger partial charge in [-0.15, -0.1) is 0 Å². The van der Waals surface area contributed by atoms with Gasteiger partial charge in [0.25, 0.3) is 0 Å². The number of halogens is 1. The van der Waals surface area contributed by atoms with Gasteiger partial charge in [0.05, 0.1) is 16.8 Å². The molecule has 0 amide bonds. The molecular formula is C29H26ClNO3. The highest BCUT2D eigenvalue weighted by molar-refractivity contribution is 6.30. The fraction of sp³-hybridized carbons (Fsp3) is 0.207. The van der Waals surface area contributed by atoms with Crippen molar-refractivity contribution in [1.29, 1.82) is 0 Å². The summed E-state index contributed by atoms with van der Waals surface area (Å²) >= 11 is 5.89. The normalized spacial score (nSPS) is 10.9. The molecule has 0 aliphatic rings. The van der Waals surface area contributed by atoms with Crippen molar-refractivity contribution in [2.45, 2.75) is 33.1 Å². The average Bonchev–Trinajstić information content (AvgIpc) is 2.86. The van der Waals surface area contributed by atoms with Gasteiger partial charge in [-0.1, -0.05) is 67.4 Å². The number of aryl methyl sites for hydroxylation is 2. The van der Waals surface area contributed by atoms with Crippen LogP contribution in [0, 0.1) is 6.92 Å². The number of hydrogen-bond acceptors (Lipinski definition) is 4. The number of nitrogens with zero attached hydrogens (tertiary/aromatic N) is 1. The first-order chi connectivity index (χ1) is 16.5. The van der Waals surface area contributed by atoms with Crippen LogP contribution in [-0.4, -0.2) is 23.3 Å². The number of carbonyl (C=O) groups is 2. The largest absolute Gasteiger partial charge is 0.454 e. The fourth-order valence-electron chi connectivity index (χ4n) is 3.86. The number of esters is 1. The van der Waals surface area contributed by atoms with Gasteiger partial charge in [-0.05, 0) is 61.2 Å². The lowest BCUT2D eigenvalue weighted by molar-refractivity contribution is 0.0476. The average molecular weight is 472 g/mol. The van der Waals surface area contributed by atoms with E-state index in [-0.39, 0.29) is 12.4 Å². The molecule has 0 bridgehead atoms. The van der Waals surface area contributed by atoms with Crippen LogP contribution in [0.1, 0.15) is 51.6 Å². The van der Waals surface area contributed by atoms with Crippen molar-refractivity contribution < 1.29 is 14.3 Å². The number of rotatable bonds is 8. The predicted octanol–water partition coefficient (Wildman–Crippen LogP) is 7.25. The Bertz CT molecular complexity index is 1330. The number of hydrogen-bond donors (Lipinski definition) is 0. The molecule has 4 nitrogen and oxygen atoms in total. The summed E-state index contributed by atoms with van der Waals surface area (Å²) < 4.78 is 5.43. The maximum Gasteiger partial charge on any atom is 0.339 e. The van der Waals surface area contributed by atoms with E-state index in [4.69, 9.17) is 21.3 Å². The van der Waals surface area contributed by atoms with E-state index in [1.54, 1.807) is 30.3 Å². The van der Waals surface area contributed by atoms with E-state index >= 15 is 0 Å². The van der Waals surface area contributed by atoms with Crippen molar-refractivity contribution in [3.63, 3.8) is 0 Å². The third-order valence-electron chi connectivity index (χ3n) is 5.83. The zero-order chi connectivity index (χ0) is 24.1. The molecule has 172 valence electrons. The van der Waals surface area contributed by atoms with Crippen molar-refractivity contribution in [3.8, 4) is 11.3 Å². The number of ether oxygens (including phenoxy) is 1. The lowest BCUT2D eigenvalue weighted by Gasteiger charge is -2.12.